The van der Waals surface area contributed by atoms with Crippen molar-refractivity contribution >= 4 is 23.4 Å². The SMILES string of the molecule is CSc1ccc(C(=O)O[C@@H](C)c2nnc(-c3ccc(F)cc3)o2)cc1[N+](=O)[O-]. The molecule has 0 aliphatic heterocycles. The van der Waals surface area contributed by atoms with Crippen molar-refractivity contribution in [3.63, 3.8) is 0 Å². The molecule has 1 heterocycles. The highest BCUT2D eigenvalue weighted by molar-refractivity contribution is 7.98. The summed E-state index contributed by atoms with van der Waals surface area (Å²) < 4.78 is 23.7. The number of hydrogen-bond donors (Lipinski definition) is 0. The van der Waals surface area contributed by atoms with Gasteiger partial charge in [-0.3, -0.25) is 10.1 Å². The van der Waals surface area contributed by atoms with E-state index in [0.29, 0.717) is 10.5 Å². The van der Waals surface area contributed by atoms with Crippen molar-refractivity contribution in [2.75, 3.05) is 6.26 Å². The minimum atomic E-state index is -0.881. The molecule has 0 aliphatic rings. The number of halogens is 1. The number of nitro benzene ring substituents is 1. The number of aromatic nitrogens is 2. The molecule has 0 amide bonds. The summed E-state index contributed by atoms with van der Waals surface area (Å²) in [6, 6.07) is 9.58. The van der Waals surface area contributed by atoms with E-state index in [0.717, 1.165) is 0 Å². The van der Waals surface area contributed by atoms with Gasteiger partial charge < -0.3 is 9.15 Å². The van der Waals surface area contributed by atoms with Crippen LogP contribution < -0.4 is 0 Å². The first-order chi connectivity index (χ1) is 13.4. The average Bonchev–Trinajstić information content (AvgIpc) is 3.18. The number of esters is 1. The van der Waals surface area contributed by atoms with Crippen molar-refractivity contribution in [2.45, 2.75) is 17.9 Å². The molecule has 0 N–H and O–H groups in total. The van der Waals surface area contributed by atoms with Crippen LogP contribution in [0.15, 0.2) is 51.8 Å². The smallest absolute Gasteiger partial charge is 0.339 e. The van der Waals surface area contributed by atoms with E-state index in [-0.39, 0.29) is 23.0 Å². The maximum Gasteiger partial charge on any atom is 0.339 e. The van der Waals surface area contributed by atoms with Crippen molar-refractivity contribution in [2.24, 2.45) is 0 Å². The molecule has 2 aromatic carbocycles. The Morgan fingerprint density at radius 1 is 1.25 bits per heavy atom. The van der Waals surface area contributed by atoms with Crippen LogP contribution in [0.2, 0.25) is 0 Å². The van der Waals surface area contributed by atoms with Gasteiger partial charge in [-0.15, -0.1) is 22.0 Å². The van der Waals surface area contributed by atoms with Crippen molar-refractivity contribution < 1.29 is 23.3 Å². The van der Waals surface area contributed by atoms with Crippen molar-refractivity contribution in [1.82, 2.24) is 10.2 Å². The van der Waals surface area contributed by atoms with Gasteiger partial charge in [0.2, 0.25) is 5.89 Å². The molecule has 144 valence electrons. The van der Waals surface area contributed by atoms with Gasteiger partial charge in [0, 0.05) is 11.6 Å². The number of thioether (sulfide) groups is 1. The van der Waals surface area contributed by atoms with Crippen LogP contribution in [0.1, 0.15) is 29.3 Å². The number of carbonyl (C=O) groups is 1. The van der Waals surface area contributed by atoms with Crippen molar-refractivity contribution in [1.29, 1.82) is 0 Å². The van der Waals surface area contributed by atoms with Crippen LogP contribution >= 0.6 is 11.8 Å². The van der Waals surface area contributed by atoms with Gasteiger partial charge in [0.05, 0.1) is 15.4 Å². The van der Waals surface area contributed by atoms with Crippen LogP contribution in [0.5, 0.6) is 0 Å². The van der Waals surface area contributed by atoms with Crippen LogP contribution in [-0.2, 0) is 4.74 Å². The summed E-state index contributed by atoms with van der Waals surface area (Å²) in [5, 5.41) is 18.8. The molecule has 0 aliphatic carbocycles. The lowest BCUT2D eigenvalue weighted by atomic mass is 10.2. The van der Waals surface area contributed by atoms with Gasteiger partial charge in [0.15, 0.2) is 6.10 Å². The first kappa shape index (κ1) is 19.5. The Kier molecular flexibility index (Phi) is 5.69. The number of nitrogens with zero attached hydrogens (tertiary/aromatic N) is 3. The zero-order chi connectivity index (χ0) is 20.3. The Bertz CT molecular complexity index is 1020. The quantitative estimate of drug-likeness (QED) is 0.257. The summed E-state index contributed by atoms with van der Waals surface area (Å²) in [5.74, 6) is -0.960. The molecule has 0 fully saturated rings. The molecular weight excluding hydrogens is 389 g/mol. The van der Waals surface area contributed by atoms with E-state index in [9.17, 15) is 19.3 Å². The molecule has 0 spiro atoms. The van der Waals surface area contributed by atoms with E-state index < -0.39 is 22.8 Å². The van der Waals surface area contributed by atoms with Gasteiger partial charge in [0.1, 0.15) is 5.82 Å². The molecule has 28 heavy (non-hydrogen) atoms. The molecular formula is C18H14FN3O5S. The molecule has 0 radical (unpaired) electrons. The fraction of sp³-hybridized carbons (Fsp3) is 0.167. The number of nitro groups is 1. The molecule has 8 nitrogen and oxygen atoms in total. The molecule has 0 saturated heterocycles. The summed E-state index contributed by atoms with van der Waals surface area (Å²) in [6.07, 6.45) is 0.824. The fourth-order valence-electron chi connectivity index (χ4n) is 2.35. The minimum absolute atomic E-state index is 0.0367. The van der Waals surface area contributed by atoms with Crippen LogP contribution in [0.25, 0.3) is 11.5 Å². The summed E-state index contributed by atoms with van der Waals surface area (Å²) in [4.78, 5) is 23.4. The van der Waals surface area contributed by atoms with Gasteiger partial charge in [0.25, 0.3) is 11.6 Å². The Morgan fingerprint density at radius 2 is 1.96 bits per heavy atom. The Labute approximate surface area is 162 Å². The zero-order valence-electron chi connectivity index (χ0n) is 14.8. The van der Waals surface area contributed by atoms with Crippen molar-refractivity contribution in [3.05, 3.63) is 69.9 Å². The standard InChI is InChI=1S/C18H14FN3O5S/c1-10(16-20-21-17(27-16)11-3-6-13(19)7-4-11)26-18(23)12-5-8-15(28-2)14(9-12)22(24)25/h3-10H,1-2H3/t10-/m0/s1. The average molecular weight is 403 g/mol. The Balaban J connectivity index is 1.75. The summed E-state index contributed by atoms with van der Waals surface area (Å²) >= 11 is 1.21. The Morgan fingerprint density at radius 3 is 2.61 bits per heavy atom. The van der Waals surface area contributed by atoms with Gasteiger partial charge in [-0.25, -0.2) is 9.18 Å². The second-order valence-corrected chi connectivity index (χ2v) is 6.49. The number of hydrogen-bond acceptors (Lipinski definition) is 8. The monoisotopic (exact) mass is 403 g/mol. The lowest BCUT2D eigenvalue weighted by molar-refractivity contribution is -0.387. The third-order valence-corrected chi connectivity index (χ3v) is 4.56. The number of benzene rings is 2. The fourth-order valence-corrected chi connectivity index (χ4v) is 2.89. The second-order valence-electron chi connectivity index (χ2n) is 5.64. The van der Waals surface area contributed by atoms with Crippen LogP contribution in [0.4, 0.5) is 10.1 Å². The molecule has 1 atom stereocenters. The van der Waals surface area contributed by atoms with E-state index in [2.05, 4.69) is 10.2 Å². The van der Waals surface area contributed by atoms with E-state index in [1.807, 2.05) is 0 Å². The first-order valence-electron chi connectivity index (χ1n) is 8.01. The van der Waals surface area contributed by atoms with Crippen molar-refractivity contribution in [3.8, 4) is 11.5 Å². The molecule has 10 heteroatoms. The maximum atomic E-state index is 13.0. The number of ether oxygens (including phenoxy) is 1. The lowest BCUT2D eigenvalue weighted by Crippen LogP contribution is -2.10. The lowest BCUT2D eigenvalue weighted by Gasteiger charge is -2.10. The van der Waals surface area contributed by atoms with Crippen LogP contribution in [0.3, 0.4) is 0 Å². The first-order valence-corrected chi connectivity index (χ1v) is 9.24. The van der Waals surface area contributed by atoms with E-state index in [1.54, 1.807) is 6.26 Å². The van der Waals surface area contributed by atoms with E-state index >= 15 is 0 Å². The summed E-state index contributed by atoms with van der Waals surface area (Å²) in [7, 11) is 0. The van der Waals surface area contributed by atoms with Crippen LogP contribution in [0, 0.1) is 15.9 Å². The second kappa shape index (κ2) is 8.17. The molecule has 0 unspecified atom stereocenters. The number of carbonyl (C=O) groups excluding carboxylic acids is 1. The largest absolute Gasteiger partial charge is 0.449 e. The molecule has 1 aromatic heterocycles. The maximum absolute atomic E-state index is 13.0. The van der Waals surface area contributed by atoms with Gasteiger partial charge >= 0.3 is 5.97 Å². The molecule has 3 rings (SSSR count). The van der Waals surface area contributed by atoms with Gasteiger partial charge in [-0.2, -0.15) is 0 Å². The molecule has 0 bridgehead atoms. The Hall–Kier alpha value is -3.27. The normalized spacial score (nSPS) is 11.8. The topological polar surface area (TPSA) is 108 Å². The minimum Gasteiger partial charge on any atom is -0.449 e. The van der Waals surface area contributed by atoms with Gasteiger partial charge in [-0.05, 0) is 49.6 Å². The molecule has 3 aromatic rings. The third kappa shape index (κ3) is 4.17. The summed E-state index contributed by atoms with van der Waals surface area (Å²) in [5.41, 5.74) is 0.377. The van der Waals surface area contributed by atoms with Crippen LogP contribution in [-0.4, -0.2) is 27.3 Å². The predicted octanol–water partition coefficient (Wildman–Crippen LogP) is 4.42. The zero-order valence-corrected chi connectivity index (χ0v) is 15.6. The van der Waals surface area contributed by atoms with E-state index in [4.69, 9.17) is 9.15 Å². The number of rotatable bonds is 6. The highest BCUT2D eigenvalue weighted by Crippen LogP contribution is 2.29. The molecule has 0 saturated carbocycles. The highest BCUT2D eigenvalue weighted by Gasteiger charge is 2.22. The summed E-state index contributed by atoms with van der Waals surface area (Å²) in [6.45, 7) is 1.53. The predicted molar refractivity (Wildman–Crippen MR) is 98.4 cm³/mol. The highest BCUT2D eigenvalue weighted by atomic mass is 32.2. The van der Waals surface area contributed by atoms with Gasteiger partial charge in [-0.1, -0.05) is 0 Å². The third-order valence-electron chi connectivity index (χ3n) is 3.77. The van der Waals surface area contributed by atoms with E-state index in [1.165, 1.54) is 61.2 Å².